The Morgan fingerprint density at radius 2 is 2.00 bits per heavy atom. The number of hydrogen-bond acceptors (Lipinski definition) is 4. The van der Waals surface area contributed by atoms with Gasteiger partial charge in [0.25, 0.3) is 5.91 Å². The molecule has 5 nitrogen and oxygen atoms in total. The molecule has 0 aliphatic carbocycles. The Morgan fingerprint density at radius 3 is 2.69 bits per heavy atom. The highest BCUT2D eigenvalue weighted by Crippen LogP contribution is 2.24. The normalized spacial score (nSPS) is 11.0. The number of ether oxygens (including phenoxy) is 1. The molecule has 0 radical (unpaired) electrons. The Balaban J connectivity index is 1.65. The van der Waals surface area contributed by atoms with Crippen molar-refractivity contribution in [3.8, 4) is 5.75 Å². The minimum absolute atomic E-state index is 0.0241. The lowest BCUT2D eigenvalue weighted by molar-refractivity contribution is 0.0789. The Bertz CT molecular complexity index is 1020. The Kier molecular flexibility index (Phi) is 6.42. The van der Waals surface area contributed by atoms with Crippen molar-refractivity contribution < 1.29 is 9.53 Å². The van der Waals surface area contributed by atoms with Crippen molar-refractivity contribution in [2.45, 2.75) is 54.3 Å². The lowest BCUT2D eigenvalue weighted by atomic mass is 10.1. The van der Waals surface area contributed by atoms with Gasteiger partial charge in [-0.15, -0.1) is 11.3 Å². The third-order valence-electron chi connectivity index (χ3n) is 5.39. The second-order valence-electron chi connectivity index (χ2n) is 7.43. The van der Waals surface area contributed by atoms with Crippen LogP contribution in [0.4, 0.5) is 0 Å². The zero-order valence-electron chi connectivity index (χ0n) is 18.1. The lowest BCUT2D eigenvalue weighted by Gasteiger charge is -2.16. The van der Waals surface area contributed by atoms with Crippen molar-refractivity contribution in [3.05, 3.63) is 68.2 Å². The van der Waals surface area contributed by atoms with Gasteiger partial charge in [-0.1, -0.05) is 12.1 Å². The highest BCUT2D eigenvalue weighted by Gasteiger charge is 2.19. The number of benzene rings is 1. The van der Waals surface area contributed by atoms with Crippen LogP contribution in [0.15, 0.2) is 29.6 Å². The molecule has 2 heterocycles. The van der Waals surface area contributed by atoms with Gasteiger partial charge in [0.1, 0.15) is 12.4 Å². The van der Waals surface area contributed by atoms with E-state index in [-0.39, 0.29) is 5.91 Å². The maximum atomic E-state index is 12.9. The van der Waals surface area contributed by atoms with E-state index in [9.17, 15) is 4.79 Å². The molecule has 0 aliphatic rings. The molecule has 29 heavy (non-hydrogen) atoms. The van der Waals surface area contributed by atoms with Crippen LogP contribution in [0.5, 0.6) is 5.75 Å². The van der Waals surface area contributed by atoms with Gasteiger partial charge < -0.3 is 9.64 Å². The Labute approximate surface area is 176 Å². The fourth-order valence-corrected chi connectivity index (χ4v) is 4.26. The average Bonchev–Trinajstić information content (AvgIpc) is 3.28. The largest absolute Gasteiger partial charge is 0.489 e. The molecular weight excluding hydrogens is 382 g/mol. The van der Waals surface area contributed by atoms with Gasteiger partial charge in [0.15, 0.2) is 0 Å². The summed E-state index contributed by atoms with van der Waals surface area (Å²) in [4.78, 5) is 15.4. The van der Waals surface area contributed by atoms with Crippen LogP contribution in [0.25, 0.3) is 0 Å². The molecule has 1 amide bonds. The SMILES string of the molecule is CCn1nc(C)c(CN(C)C(=O)c2cc(COc3cccc(C)c3C)cs2)c1C. The van der Waals surface area contributed by atoms with Crippen LogP contribution >= 0.6 is 11.3 Å². The molecule has 6 heteroatoms. The second kappa shape index (κ2) is 8.82. The number of hydrogen-bond donors (Lipinski definition) is 0. The first kappa shape index (κ1) is 21.1. The first-order chi connectivity index (χ1) is 13.8. The maximum absolute atomic E-state index is 12.9. The van der Waals surface area contributed by atoms with Crippen LogP contribution in [0.2, 0.25) is 0 Å². The molecule has 0 aliphatic heterocycles. The molecule has 3 aromatic rings. The van der Waals surface area contributed by atoms with E-state index in [1.165, 1.54) is 16.9 Å². The number of nitrogens with zero attached hydrogens (tertiary/aromatic N) is 3. The van der Waals surface area contributed by atoms with Gasteiger partial charge in [0.2, 0.25) is 0 Å². The zero-order valence-corrected chi connectivity index (χ0v) is 18.9. The molecule has 154 valence electrons. The number of carbonyl (C=O) groups is 1. The molecule has 0 atom stereocenters. The zero-order chi connectivity index (χ0) is 21.1. The lowest BCUT2D eigenvalue weighted by Crippen LogP contribution is -2.26. The van der Waals surface area contributed by atoms with Crippen molar-refractivity contribution >= 4 is 17.2 Å². The number of aromatic nitrogens is 2. The van der Waals surface area contributed by atoms with E-state index < -0.39 is 0 Å². The van der Waals surface area contributed by atoms with Crippen LogP contribution in [0.3, 0.4) is 0 Å². The molecule has 0 spiro atoms. The topological polar surface area (TPSA) is 47.4 Å². The van der Waals surface area contributed by atoms with Crippen molar-refractivity contribution in [3.63, 3.8) is 0 Å². The fourth-order valence-electron chi connectivity index (χ4n) is 3.37. The minimum Gasteiger partial charge on any atom is -0.489 e. The molecule has 0 bridgehead atoms. The van der Waals surface area contributed by atoms with E-state index in [1.807, 2.05) is 42.2 Å². The predicted molar refractivity (Wildman–Crippen MR) is 118 cm³/mol. The summed E-state index contributed by atoms with van der Waals surface area (Å²) in [6.45, 7) is 12.1. The summed E-state index contributed by atoms with van der Waals surface area (Å²) in [5.74, 6) is 0.913. The molecule has 0 N–H and O–H groups in total. The minimum atomic E-state index is 0.0241. The van der Waals surface area contributed by atoms with Crippen molar-refractivity contribution in [2.75, 3.05) is 7.05 Å². The van der Waals surface area contributed by atoms with Crippen LogP contribution in [0.1, 0.15) is 50.2 Å². The standard InChI is InChI=1S/C23H29N3O2S/c1-7-26-18(5)20(17(4)24-26)12-25(6)23(27)22-11-19(14-29-22)13-28-21-10-8-9-15(2)16(21)3/h8-11,14H,7,12-13H2,1-6H3. The third-order valence-corrected chi connectivity index (χ3v) is 6.35. The van der Waals surface area contributed by atoms with Gasteiger partial charge in [0.05, 0.1) is 10.6 Å². The summed E-state index contributed by atoms with van der Waals surface area (Å²) in [6.07, 6.45) is 0. The summed E-state index contributed by atoms with van der Waals surface area (Å²) in [6, 6.07) is 7.99. The van der Waals surface area contributed by atoms with Gasteiger partial charge >= 0.3 is 0 Å². The van der Waals surface area contributed by atoms with E-state index in [2.05, 4.69) is 38.9 Å². The first-order valence-corrected chi connectivity index (χ1v) is 10.7. The number of amides is 1. The molecular formula is C23H29N3O2S. The summed E-state index contributed by atoms with van der Waals surface area (Å²) in [5, 5.41) is 6.55. The summed E-state index contributed by atoms with van der Waals surface area (Å²) < 4.78 is 7.95. The monoisotopic (exact) mass is 411 g/mol. The fraction of sp³-hybridized carbons (Fsp3) is 0.391. The van der Waals surface area contributed by atoms with Crippen LogP contribution in [0, 0.1) is 27.7 Å². The molecule has 3 rings (SSSR count). The van der Waals surface area contributed by atoms with E-state index in [0.717, 1.165) is 45.2 Å². The number of carbonyl (C=O) groups excluding carboxylic acids is 1. The smallest absolute Gasteiger partial charge is 0.263 e. The summed E-state index contributed by atoms with van der Waals surface area (Å²) in [7, 11) is 1.84. The third kappa shape index (κ3) is 4.53. The average molecular weight is 412 g/mol. The van der Waals surface area contributed by atoms with Gasteiger partial charge in [0, 0.05) is 37.0 Å². The Hall–Kier alpha value is -2.60. The summed E-state index contributed by atoms with van der Waals surface area (Å²) >= 11 is 1.47. The highest BCUT2D eigenvalue weighted by molar-refractivity contribution is 7.12. The maximum Gasteiger partial charge on any atom is 0.263 e. The number of rotatable bonds is 7. The van der Waals surface area contributed by atoms with E-state index in [1.54, 1.807) is 4.90 Å². The van der Waals surface area contributed by atoms with Crippen molar-refractivity contribution in [1.82, 2.24) is 14.7 Å². The van der Waals surface area contributed by atoms with Crippen molar-refractivity contribution in [1.29, 1.82) is 0 Å². The molecule has 0 saturated carbocycles. The second-order valence-corrected chi connectivity index (χ2v) is 8.34. The van der Waals surface area contributed by atoms with E-state index >= 15 is 0 Å². The van der Waals surface area contributed by atoms with Crippen molar-refractivity contribution in [2.24, 2.45) is 0 Å². The Morgan fingerprint density at radius 1 is 1.24 bits per heavy atom. The number of aryl methyl sites for hydroxylation is 3. The van der Waals surface area contributed by atoms with Gasteiger partial charge in [-0.05, 0) is 63.3 Å². The molecule has 1 aromatic carbocycles. The van der Waals surface area contributed by atoms with Crippen LogP contribution < -0.4 is 4.74 Å². The quantitative estimate of drug-likeness (QED) is 0.547. The molecule has 0 fully saturated rings. The highest BCUT2D eigenvalue weighted by atomic mass is 32.1. The van der Waals surface area contributed by atoms with Gasteiger partial charge in [-0.3, -0.25) is 9.48 Å². The van der Waals surface area contributed by atoms with Gasteiger partial charge in [-0.2, -0.15) is 5.10 Å². The van der Waals surface area contributed by atoms with Gasteiger partial charge in [-0.25, -0.2) is 0 Å². The van der Waals surface area contributed by atoms with E-state index in [4.69, 9.17) is 4.74 Å². The predicted octanol–water partition coefficient (Wildman–Crippen LogP) is 5.05. The number of thiophene rings is 1. The molecule has 0 unspecified atom stereocenters. The summed E-state index contributed by atoms with van der Waals surface area (Å²) in [5.41, 5.74) is 6.60. The molecule has 0 saturated heterocycles. The van der Waals surface area contributed by atoms with Crippen LogP contribution in [-0.4, -0.2) is 27.6 Å². The van der Waals surface area contributed by atoms with Crippen LogP contribution in [-0.2, 0) is 19.7 Å². The first-order valence-electron chi connectivity index (χ1n) is 9.86. The molecule has 2 aromatic heterocycles. The van der Waals surface area contributed by atoms with E-state index in [0.29, 0.717) is 13.2 Å².